The molecule has 6 nitrogen and oxygen atoms in total. The van der Waals surface area contributed by atoms with Gasteiger partial charge in [-0.25, -0.2) is 4.79 Å². The predicted octanol–water partition coefficient (Wildman–Crippen LogP) is 3.07. The van der Waals surface area contributed by atoms with Gasteiger partial charge in [0.05, 0.1) is 0 Å². The van der Waals surface area contributed by atoms with Crippen molar-refractivity contribution in [2.75, 3.05) is 0 Å². The molecule has 2 aromatic heterocycles. The van der Waals surface area contributed by atoms with Crippen molar-refractivity contribution in [3.05, 3.63) is 73.2 Å². The third-order valence-electron chi connectivity index (χ3n) is 4.57. The molecule has 0 saturated carbocycles. The molecule has 0 aliphatic heterocycles. The first-order valence-corrected chi connectivity index (χ1v) is 9.22. The Morgan fingerprint density at radius 3 is 2.63 bits per heavy atom. The van der Waals surface area contributed by atoms with E-state index in [9.17, 15) is 9.59 Å². The van der Waals surface area contributed by atoms with Gasteiger partial charge in [0.1, 0.15) is 0 Å². The summed E-state index contributed by atoms with van der Waals surface area (Å²) in [6, 6.07) is 8.05. The summed E-state index contributed by atoms with van der Waals surface area (Å²) in [7, 11) is 1.61. The number of nitrogens with zero attached hydrogens (tertiary/aromatic N) is 4. The van der Waals surface area contributed by atoms with Gasteiger partial charge in [0.2, 0.25) is 5.28 Å². The summed E-state index contributed by atoms with van der Waals surface area (Å²) in [5, 5.41) is 0.200. The first kappa shape index (κ1) is 19.2. The van der Waals surface area contributed by atoms with Gasteiger partial charge in [-0.3, -0.25) is 13.9 Å². The highest BCUT2D eigenvalue weighted by molar-refractivity contribution is 6.29. The maximum atomic E-state index is 13.1. The molecule has 0 amide bonds. The van der Waals surface area contributed by atoms with Gasteiger partial charge in [-0.1, -0.05) is 41.5 Å². The topological polar surface area (TPSA) is 61.8 Å². The number of fused-ring (bicyclic) bond motifs is 1. The van der Waals surface area contributed by atoms with Crippen LogP contribution in [0.3, 0.4) is 0 Å². The van der Waals surface area contributed by atoms with Crippen molar-refractivity contribution in [2.24, 2.45) is 7.05 Å². The van der Waals surface area contributed by atoms with Crippen molar-refractivity contribution >= 4 is 22.8 Å². The molecule has 0 aliphatic carbocycles. The number of halogens is 1. The molecule has 3 aromatic rings. The average molecular weight is 387 g/mol. The Morgan fingerprint density at radius 1 is 1.22 bits per heavy atom. The molecule has 3 rings (SSSR count). The van der Waals surface area contributed by atoms with Crippen molar-refractivity contribution in [1.82, 2.24) is 18.7 Å². The molecule has 0 unspecified atom stereocenters. The smallest absolute Gasteiger partial charge is 0.305 e. The second-order valence-corrected chi connectivity index (χ2v) is 7.32. The first-order chi connectivity index (χ1) is 12.8. The van der Waals surface area contributed by atoms with Gasteiger partial charge in [-0.15, -0.1) is 0 Å². The summed E-state index contributed by atoms with van der Waals surface area (Å²) in [5.74, 6) is 0. The third-order valence-corrected chi connectivity index (χ3v) is 4.86. The van der Waals surface area contributed by atoms with Gasteiger partial charge >= 0.3 is 5.69 Å². The number of allylic oxidation sites excluding steroid dienone is 2. The van der Waals surface area contributed by atoms with Crippen LogP contribution in [0, 0.1) is 6.92 Å². The lowest BCUT2D eigenvalue weighted by atomic mass is 10.1. The normalized spacial score (nSPS) is 11.1. The fourth-order valence-electron chi connectivity index (χ4n) is 3.09. The molecule has 0 N–H and O–H groups in total. The molecule has 7 heteroatoms. The Labute approximate surface area is 162 Å². The minimum absolute atomic E-state index is 0.200. The van der Waals surface area contributed by atoms with E-state index < -0.39 is 0 Å². The van der Waals surface area contributed by atoms with Crippen molar-refractivity contribution < 1.29 is 0 Å². The van der Waals surface area contributed by atoms with E-state index in [4.69, 9.17) is 11.6 Å². The standard InChI is InChI=1S/C20H23ClN4O2/c1-13(2)8-10-24-16-17(22-19(24)21)23(4)20(27)25(18(16)26)11-9-15-7-5-6-14(3)12-15/h5-8,12H,9-11H2,1-4H3. The molecule has 0 spiro atoms. The van der Waals surface area contributed by atoms with Crippen LogP contribution in [0.15, 0.2) is 45.5 Å². The van der Waals surface area contributed by atoms with Crippen LogP contribution in [-0.4, -0.2) is 18.7 Å². The van der Waals surface area contributed by atoms with Gasteiger partial charge in [0.15, 0.2) is 11.2 Å². The Morgan fingerprint density at radius 2 is 1.96 bits per heavy atom. The maximum absolute atomic E-state index is 13.1. The van der Waals surface area contributed by atoms with Crippen molar-refractivity contribution in [3.63, 3.8) is 0 Å². The van der Waals surface area contributed by atoms with E-state index in [1.807, 2.05) is 45.0 Å². The van der Waals surface area contributed by atoms with E-state index in [1.54, 1.807) is 11.6 Å². The third kappa shape index (κ3) is 3.76. The van der Waals surface area contributed by atoms with Crippen molar-refractivity contribution in [3.8, 4) is 0 Å². The van der Waals surface area contributed by atoms with Crippen LogP contribution in [-0.2, 0) is 26.6 Å². The van der Waals surface area contributed by atoms with E-state index in [1.165, 1.54) is 9.13 Å². The van der Waals surface area contributed by atoms with Crippen LogP contribution in [0.5, 0.6) is 0 Å². The highest BCUT2D eigenvalue weighted by Crippen LogP contribution is 2.16. The monoisotopic (exact) mass is 386 g/mol. The molecule has 0 saturated heterocycles. The molecule has 142 valence electrons. The van der Waals surface area contributed by atoms with Gasteiger partial charge < -0.3 is 4.57 Å². The number of hydrogen-bond donors (Lipinski definition) is 0. The minimum Gasteiger partial charge on any atom is -0.305 e. The SMILES string of the molecule is CC(C)=CCn1c(Cl)nc2c1c(=O)n(CCc1cccc(C)c1)c(=O)n2C. The lowest BCUT2D eigenvalue weighted by Crippen LogP contribution is -2.40. The maximum Gasteiger partial charge on any atom is 0.332 e. The second-order valence-electron chi connectivity index (χ2n) is 6.98. The van der Waals surface area contributed by atoms with Gasteiger partial charge in [-0.05, 0) is 44.4 Å². The van der Waals surface area contributed by atoms with Gasteiger partial charge in [0.25, 0.3) is 5.56 Å². The number of aryl methyl sites for hydroxylation is 3. The fourth-order valence-corrected chi connectivity index (χ4v) is 3.32. The minimum atomic E-state index is -0.385. The Balaban J connectivity index is 2.10. The molecular formula is C20H23ClN4O2. The fraction of sp³-hybridized carbons (Fsp3) is 0.350. The van der Waals surface area contributed by atoms with E-state index in [0.29, 0.717) is 30.7 Å². The average Bonchev–Trinajstić information content (AvgIpc) is 2.94. The predicted molar refractivity (Wildman–Crippen MR) is 109 cm³/mol. The number of hydrogen-bond acceptors (Lipinski definition) is 3. The lowest BCUT2D eigenvalue weighted by Gasteiger charge is -2.10. The quantitative estimate of drug-likeness (QED) is 0.500. The van der Waals surface area contributed by atoms with Crippen LogP contribution in [0.2, 0.25) is 5.28 Å². The zero-order valence-electron chi connectivity index (χ0n) is 16.0. The number of benzene rings is 1. The van der Waals surface area contributed by atoms with Crippen LogP contribution < -0.4 is 11.2 Å². The highest BCUT2D eigenvalue weighted by Gasteiger charge is 2.18. The Bertz CT molecular complexity index is 1150. The molecule has 27 heavy (non-hydrogen) atoms. The molecule has 0 bridgehead atoms. The molecular weight excluding hydrogens is 364 g/mol. The zero-order valence-corrected chi connectivity index (χ0v) is 16.7. The van der Waals surface area contributed by atoms with E-state index >= 15 is 0 Å². The van der Waals surface area contributed by atoms with Crippen LogP contribution >= 0.6 is 11.6 Å². The van der Waals surface area contributed by atoms with Crippen LogP contribution in [0.1, 0.15) is 25.0 Å². The number of rotatable bonds is 5. The van der Waals surface area contributed by atoms with Crippen molar-refractivity contribution in [1.29, 1.82) is 0 Å². The Hall–Kier alpha value is -2.60. The van der Waals surface area contributed by atoms with Crippen LogP contribution in [0.25, 0.3) is 11.2 Å². The summed E-state index contributed by atoms with van der Waals surface area (Å²) < 4.78 is 4.30. The number of aromatic nitrogens is 4. The largest absolute Gasteiger partial charge is 0.332 e. The summed E-state index contributed by atoms with van der Waals surface area (Å²) in [5.41, 5.74) is 3.26. The lowest BCUT2D eigenvalue weighted by molar-refractivity contribution is 0.600. The molecule has 0 aliphatic rings. The highest BCUT2D eigenvalue weighted by atomic mass is 35.5. The number of imidazole rings is 1. The first-order valence-electron chi connectivity index (χ1n) is 8.84. The van der Waals surface area contributed by atoms with E-state index in [0.717, 1.165) is 16.7 Å². The molecule has 2 heterocycles. The van der Waals surface area contributed by atoms with E-state index in [-0.39, 0.29) is 16.5 Å². The second kappa shape index (κ2) is 7.56. The summed E-state index contributed by atoms with van der Waals surface area (Å²) >= 11 is 6.25. The van der Waals surface area contributed by atoms with Gasteiger partial charge in [-0.2, -0.15) is 4.98 Å². The molecule has 1 aromatic carbocycles. The summed E-state index contributed by atoms with van der Waals surface area (Å²) in [6.45, 7) is 6.70. The summed E-state index contributed by atoms with van der Waals surface area (Å²) in [6.07, 6.45) is 2.56. The molecule has 0 radical (unpaired) electrons. The van der Waals surface area contributed by atoms with E-state index in [2.05, 4.69) is 11.1 Å². The van der Waals surface area contributed by atoms with Crippen LogP contribution in [0.4, 0.5) is 0 Å². The zero-order chi connectivity index (χ0) is 19.7. The summed E-state index contributed by atoms with van der Waals surface area (Å²) in [4.78, 5) is 30.0. The molecule has 0 fully saturated rings. The molecule has 0 atom stereocenters. The Kier molecular flexibility index (Phi) is 5.37. The van der Waals surface area contributed by atoms with Crippen molar-refractivity contribution in [2.45, 2.75) is 40.3 Å². The van der Waals surface area contributed by atoms with Gasteiger partial charge in [0, 0.05) is 20.1 Å².